The molecule has 2 aliphatic heterocycles. The molecule has 2 fully saturated rings. The number of nitrogens with zero attached hydrogens (tertiary/aromatic N) is 6. The Labute approximate surface area is 367 Å². The molecule has 6 rings (SSSR count). The van der Waals surface area contributed by atoms with Crippen LogP contribution in [-0.4, -0.2) is 121 Å². The topological polar surface area (TPSA) is 364 Å². The molecule has 3 aromatic heterocycles. The lowest BCUT2D eigenvalue weighted by Crippen LogP contribution is -2.47. The van der Waals surface area contributed by atoms with E-state index in [2.05, 4.69) is 36.4 Å². The van der Waals surface area contributed by atoms with E-state index in [1.807, 2.05) is 30.3 Å². The van der Waals surface area contributed by atoms with Gasteiger partial charge in [-0.15, -0.1) is 6.58 Å². The summed E-state index contributed by atoms with van der Waals surface area (Å²) in [5.74, 6) is -1.53. The van der Waals surface area contributed by atoms with Gasteiger partial charge in [0.25, 0.3) is 0 Å². The Kier molecular flexibility index (Phi) is 16.2. The van der Waals surface area contributed by atoms with Crippen molar-refractivity contribution in [1.82, 2.24) is 34.4 Å². The van der Waals surface area contributed by atoms with Gasteiger partial charge in [-0.1, -0.05) is 48.2 Å². The number of fused-ring (bicyclic) bond motifs is 1. The maximum Gasteiger partial charge on any atom is 0.472 e. The molecule has 1 unspecified atom stereocenters. The number of nitrogen functional groups attached to an aromatic ring is 2. The number of ether oxygens (including phenoxy) is 3. The van der Waals surface area contributed by atoms with Crippen LogP contribution >= 0.6 is 27.4 Å². The number of allylic oxidation sites excluding steroid dienone is 1. The highest BCUT2D eigenvalue weighted by Crippen LogP contribution is 2.50. The van der Waals surface area contributed by atoms with Crippen molar-refractivity contribution >= 4 is 67.2 Å². The number of nitrogens with one attached hydrogen (secondary N) is 1. The molecule has 0 radical (unpaired) electrons. The molecule has 4 aromatic rings. The Hall–Kier alpha value is -4.95. The number of hydrogen-bond acceptors (Lipinski definition) is 20. The number of anilines is 2. The third-order valence-corrected chi connectivity index (χ3v) is 12.1. The van der Waals surface area contributed by atoms with Gasteiger partial charge in [0.1, 0.15) is 54.3 Å². The second-order valence-electron chi connectivity index (χ2n) is 14.2. The summed E-state index contributed by atoms with van der Waals surface area (Å²) in [7, 11) is -10.4. The number of phosphoric acid groups is 2. The van der Waals surface area contributed by atoms with Crippen LogP contribution in [0.1, 0.15) is 43.7 Å². The van der Waals surface area contributed by atoms with Crippen LogP contribution in [0.2, 0.25) is 0 Å². The number of amides is 1. The van der Waals surface area contributed by atoms with Gasteiger partial charge in [0.2, 0.25) is 5.91 Å². The van der Waals surface area contributed by atoms with Crippen molar-refractivity contribution in [3.8, 4) is 0 Å². The van der Waals surface area contributed by atoms with E-state index in [0.29, 0.717) is 12.2 Å². The third-order valence-electron chi connectivity index (χ3n) is 9.71. The number of nitrogens with two attached hydrogens (primary N) is 2. The minimum atomic E-state index is -5.26. The molecule has 2 aliphatic rings. The van der Waals surface area contributed by atoms with E-state index in [4.69, 9.17) is 34.7 Å². The van der Waals surface area contributed by atoms with E-state index in [0.717, 1.165) is 28.2 Å². The van der Waals surface area contributed by atoms with Gasteiger partial charge in [-0.2, -0.15) is 4.98 Å². The lowest BCUT2D eigenvalue weighted by molar-refractivity contribution is -0.160. The number of aromatic nitrogens is 6. The van der Waals surface area contributed by atoms with Gasteiger partial charge >= 0.3 is 27.3 Å². The summed E-state index contributed by atoms with van der Waals surface area (Å²) < 4.78 is 60.1. The summed E-state index contributed by atoms with van der Waals surface area (Å²) in [6.07, 6.45) is -5.90. The number of esters is 1. The number of phosphoric ester groups is 2. The highest BCUT2D eigenvalue weighted by atomic mass is 32.2. The molecule has 0 bridgehead atoms. The molecule has 1 amide bonds. The van der Waals surface area contributed by atoms with Crippen molar-refractivity contribution in [2.24, 2.45) is 0 Å². The third kappa shape index (κ3) is 12.9. The molecule has 0 spiro atoms. The highest BCUT2D eigenvalue weighted by molar-refractivity contribution is 8.13. The molecule has 5 heterocycles. The number of thioether (sulfide) groups is 1. The summed E-state index contributed by atoms with van der Waals surface area (Å²) in [6.45, 7) is 1.78. The zero-order valence-corrected chi connectivity index (χ0v) is 36.2. The molecule has 0 saturated carbocycles. The minimum absolute atomic E-state index is 0.0148. The zero-order chi connectivity index (χ0) is 46.2. The van der Waals surface area contributed by atoms with Crippen LogP contribution in [0.4, 0.5) is 11.6 Å². The predicted octanol–water partition coefficient (Wildman–Crippen LogP) is 0.660. The smallest absolute Gasteiger partial charge is 0.455 e. The van der Waals surface area contributed by atoms with Gasteiger partial charge in [0.15, 0.2) is 28.9 Å². The number of aryl methyl sites for hydroxylation is 1. The molecule has 9 atom stereocenters. The highest BCUT2D eigenvalue weighted by Gasteiger charge is 2.50. The summed E-state index contributed by atoms with van der Waals surface area (Å²) in [5, 5.41) is 13.8. The van der Waals surface area contributed by atoms with Crippen LogP contribution < -0.4 is 22.5 Å². The maximum absolute atomic E-state index is 13.9. The van der Waals surface area contributed by atoms with Crippen LogP contribution in [0, 0.1) is 0 Å². The largest absolute Gasteiger partial charge is 0.472 e. The number of carbonyl (C=O) groups is 3. The molecule has 64 heavy (non-hydrogen) atoms. The first-order valence-electron chi connectivity index (χ1n) is 19.3. The monoisotopic (exact) mass is 953 g/mol. The molecular formula is C36H45N9O16P2S. The fourth-order valence-electron chi connectivity index (χ4n) is 6.66. The predicted molar refractivity (Wildman–Crippen MR) is 223 cm³/mol. The lowest BCUT2D eigenvalue weighted by Gasteiger charge is -2.25. The van der Waals surface area contributed by atoms with Gasteiger partial charge in [0, 0.05) is 31.2 Å². The summed E-state index contributed by atoms with van der Waals surface area (Å²) in [4.78, 5) is 97.9. The molecule has 9 N–H and O–H groups in total. The first-order chi connectivity index (χ1) is 30.4. The SMILES string of the molecule is C=CCCC(=O)N[C@H](CC(=O)SCCc1ccccc1)C(=O)O[C@H]1[C@@H](O)[C@H](n2cnc3c(N)ncnc32)O[C@H]1COP(=O)(O)O[C@H]1C[C@H](n2ccc(N)nc2=O)O[C@@H]1COP(=O)(O)O. The second kappa shape index (κ2) is 21.4. The Bertz CT molecular complexity index is 2460. The average molecular weight is 954 g/mol. The summed E-state index contributed by atoms with van der Waals surface area (Å²) in [5.41, 5.74) is 11.8. The normalized spacial score (nSPS) is 23.7. The van der Waals surface area contributed by atoms with Crippen molar-refractivity contribution in [3.63, 3.8) is 0 Å². The second-order valence-corrected chi connectivity index (χ2v) is 18.0. The number of rotatable bonds is 21. The number of carbonyl (C=O) groups excluding carboxylic acids is 3. The van der Waals surface area contributed by atoms with Crippen LogP contribution in [0.5, 0.6) is 0 Å². The van der Waals surface area contributed by atoms with Crippen molar-refractivity contribution in [3.05, 3.63) is 84.0 Å². The van der Waals surface area contributed by atoms with E-state index >= 15 is 0 Å². The van der Waals surface area contributed by atoms with Crippen LogP contribution in [-0.2, 0) is 57.7 Å². The summed E-state index contributed by atoms with van der Waals surface area (Å²) in [6, 6.07) is 9.08. The first kappa shape index (κ1) is 48.5. The Morgan fingerprint density at radius 1 is 1.03 bits per heavy atom. The molecule has 0 aliphatic carbocycles. The van der Waals surface area contributed by atoms with E-state index in [-0.39, 0.29) is 42.1 Å². The Morgan fingerprint density at radius 2 is 1.78 bits per heavy atom. The van der Waals surface area contributed by atoms with Crippen molar-refractivity contribution in [2.75, 3.05) is 30.4 Å². The van der Waals surface area contributed by atoms with E-state index in [1.54, 1.807) is 0 Å². The van der Waals surface area contributed by atoms with E-state index < -0.39 is 107 Å². The number of imidazole rings is 1. The molecule has 346 valence electrons. The molecule has 1 aromatic carbocycles. The maximum atomic E-state index is 13.9. The average Bonchev–Trinajstić information content (AvgIpc) is 3.93. The lowest BCUT2D eigenvalue weighted by atomic mass is 10.1. The molecule has 28 heteroatoms. The Balaban J connectivity index is 1.21. The van der Waals surface area contributed by atoms with Gasteiger partial charge in [0.05, 0.1) is 19.5 Å². The zero-order valence-electron chi connectivity index (χ0n) is 33.6. The quantitative estimate of drug-likeness (QED) is 0.0343. The van der Waals surface area contributed by atoms with Gasteiger partial charge in [-0.05, 0) is 24.5 Å². The van der Waals surface area contributed by atoms with Gasteiger partial charge in [-0.3, -0.25) is 32.3 Å². The fourth-order valence-corrected chi connectivity index (χ4v) is 8.82. The van der Waals surface area contributed by atoms with E-state index in [1.165, 1.54) is 29.2 Å². The number of benzene rings is 1. The molecule has 2 saturated heterocycles. The summed E-state index contributed by atoms with van der Waals surface area (Å²) >= 11 is 0.941. The molecule has 25 nitrogen and oxygen atoms in total. The fraction of sp³-hybridized carbons (Fsp3) is 0.444. The van der Waals surface area contributed by atoms with E-state index in [9.17, 15) is 48.1 Å². The van der Waals surface area contributed by atoms with Crippen molar-refractivity contribution in [2.45, 2.75) is 81.1 Å². The van der Waals surface area contributed by atoms with Crippen LogP contribution in [0.3, 0.4) is 0 Å². The minimum Gasteiger partial charge on any atom is -0.455 e. The molecular weight excluding hydrogens is 908 g/mol. The van der Waals surface area contributed by atoms with Crippen LogP contribution in [0.25, 0.3) is 11.2 Å². The standard InChI is InChI=1S/C36H45N9O16P2S/c1-2-3-9-26(46)42-21(14-28(47)64-13-11-20-7-5-4-6-8-20)35(49)60-31-24(59-34(30(31)48)45-19-41-29-32(38)39-18-40-33(29)45)17-57-63(54,55)61-22-15-27(44-12-10-25(37)43-36(44)50)58-23(22)16-56-62(51,52)53/h2,4-8,10,12,18-19,21-24,27,30-31,34,48H,1,3,9,11,13-17H2,(H,42,46)(H,54,55)(H2,37,43,50)(H2,38,39,40)(H2,51,52,53)/t21-,22+,23-,24+,27-,30-,31-,34-/m1/s1. The first-order valence-corrected chi connectivity index (χ1v) is 23.3. The van der Waals surface area contributed by atoms with Gasteiger partial charge in [-0.25, -0.2) is 33.7 Å². The number of aliphatic hydroxyl groups is 1. The number of hydrogen-bond donors (Lipinski definition) is 7. The van der Waals surface area contributed by atoms with Crippen LogP contribution in [0.15, 0.2) is 72.7 Å². The van der Waals surface area contributed by atoms with Crippen molar-refractivity contribution < 1.29 is 71.1 Å². The van der Waals surface area contributed by atoms with Gasteiger partial charge < -0.3 is 50.8 Å². The Morgan fingerprint density at radius 3 is 2.50 bits per heavy atom. The number of aliphatic hydroxyl groups excluding tert-OH is 1. The van der Waals surface area contributed by atoms with Crippen molar-refractivity contribution in [1.29, 1.82) is 0 Å².